The van der Waals surface area contributed by atoms with Crippen LogP contribution in [0.5, 0.6) is 0 Å². The number of aryl methyl sites for hydroxylation is 1. The molecule has 0 radical (unpaired) electrons. The lowest BCUT2D eigenvalue weighted by molar-refractivity contribution is -0.267. The van der Waals surface area contributed by atoms with Crippen LogP contribution < -0.4 is 5.32 Å². The fourth-order valence-corrected chi connectivity index (χ4v) is 2.78. The van der Waals surface area contributed by atoms with Gasteiger partial charge >= 0.3 is 6.18 Å². The number of carbonyl (C=O) groups is 1. The van der Waals surface area contributed by atoms with E-state index in [1.165, 1.54) is 12.1 Å². The predicted molar refractivity (Wildman–Crippen MR) is 93.4 cm³/mol. The highest BCUT2D eigenvalue weighted by atomic mass is 19.4. The molecule has 0 fully saturated rings. The van der Waals surface area contributed by atoms with Gasteiger partial charge in [0.1, 0.15) is 0 Å². The summed E-state index contributed by atoms with van der Waals surface area (Å²) in [6, 6.07) is 13.7. The fraction of sp³-hybridized carbons (Fsp3) is 0.350. The molecule has 140 valence electrons. The Labute approximate surface area is 150 Å². The molecule has 0 saturated heterocycles. The van der Waals surface area contributed by atoms with Crippen LogP contribution in [0, 0.1) is 6.92 Å². The molecule has 0 spiro atoms. The van der Waals surface area contributed by atoms with Gasteiger partial charge in [0.05, 0.1) is 12.5 Å². The van der Waals surface area contributed by atoms with Crippen molar-refractivity contribution in [2.45, 2.75) is 44.5 Å². The van der Waals surface area contributed by atoms with E-state index in [0.29, 0.717) is 6.42 Å². The molecule has 2 aromatic rings. The standard InChI is InChI=1S/C20H22F3NO2/c1-3-17(15-11-9-14(2)10-12-15)24-18(25)13-19(26,20(21,22)23)16-7-5-4-6-8-16/h4-12,17,26H,3,13H2,1-2H3,(H,24,25)/t17-,19+/m0/s1. The SMILES string of the molecule is CC[C@H](NC(=O)C[C@@](O)(c1ccccc1)C(F)(F)F)c1ccc(C)cc1. The molecule has 0 unspecified atom stereocenters. The Hall–Kier alpha value is -2.34. The lowest BCUT2D eigenvalue weighted by atomic mass is 9.89. The number of amides is 1. The molecular weight excluding hydrogens is 343 g/mol. The van der Waals surface area contributed by atoms with E-state index < -0.39 is 30.1 Å². The fourth-order valence-electron chi connectivity index (χ4n) is 2.78. The van der Waals surface area contributed by atoms with Crippen molar-refractivity contribution in [1.82, 2.24) is 5.32 Å². The first kappa shape index (κ1) is 20.0. The summed E-state index contributed by atoms with van der Waals surface area (Å²) in [4.78, 5) is 12.3. The quantitative estimate of drug-likeness (QED) is 0.797. The summed E-state index contributed by atoms with van der Waals surface area (Å²) in [6.07, 6.45) is -5.55. The summed E-state index contributed by atoms with van der Waals surface area (Å²) in [5.74, 6) is -0.860. The predicted octanol–water partition coefficient (Wildman–Crippen LogP) is 4.40. The zero-order valence-electron chi connectivity index (χ0n) is 14.7. The van der Waals surface area contributed by atoms with E-state index in [0.717, 1.165) is 23.3 Å². The van der Waals surface area contributed by atoms with Crippen LogP contribution in [0.2, 0.25) is 0 Å². The lowest BCUT2D eigenvalue weighted by Crippen LogP contribution is -2.46. The van der Waals surface area contributed by atoms with Gasteiger partial charge in [-0.2, -0.15) is 13.2 Å². The van der Waals surface area contributed by atoms with Crippen LogP contribution in [-0.2, 0) is 10.4 Å². The average Bonchev–Trinajstić information content (AvgIpc) is 2.60. The molecule has 6 heteroatoms. The zero-order valence-corrected chi connectivity index (χ0v) is 14.7. The van der Waals surface area contributed by atoms with E-state index in [1.54, 1.807) is 6.07 Å². The number of benzene rings is 2. The van der Waals surface area contributed by atoms with Crippen LogP contribution in [0.15, 0.2) is 54.6 Å². The summed E-state index contributed by atoms with van der Waals surface area (Å²) in [7, 11) is 0. The minimum absolute atomic E-state index is 0.356. The molecule has 26 heavy (non-hydrogen) atoms. The van der Waals surface area contributed by atoms with Crippen LogP contribution in [0.1, 0.15) is 42.5 Å². The summed E-state index contributed by atoms with van der Waals surface area (Å²) < 4.78 is 40.5. The van der Waals surface area contributed by atoms with Crippen molar-refractivity contribution in [1.29, 1.82) is 0 Å². The van der Waals surface area contributed by atoms with Crippen molar-refractivity contribution < 1.29 is 23.1 Å². The van der Waals surface area contributed by atoms with Crippen molar-refractivity contribution in [3.8, 4) is 0 Å². The monoisotopic (exact) mass is 365 g/mol. The molecule has 0 bridgehead atoms. The maximum Gasteiger partial charge on any atom is 0.421 e. The third-order valence-corrected chi connectivity index (χ3v) is 4.36. The van der Waals surface area contributed by atoms with Gasteiger partial charge in [-0.25, -0.2) is 0 Å². The van der Waals surface area contributed by atoms with Crippen molar-refractivity contribution in [3.63, 3.8) is 0 Å². The van der Waals surface area contributed by atoms with Crippen LogP contribution in [0.3, 0.4) is 0 Å². The smallest absolute Gasteiger partial charge is 0.376 e. The Balaban J connectivity index is 2.20. The molecule has 0 heterocycles. The van der Waals surface area contributed by atoms with Crippen LogP contribution >= 0.6 is 0 Å². The second kappa shape index (κ2) is 7.91. The number of hydrogen-bond donors (Lipinski definition) is 2. The van der Waals surface area contributed by atoms with Gasteiger partial charge < -0.3 is 10.4 Å². The summed E-state index contributed by atoms with van der Waals surface area (Å²) in [6.45, 7) is 3.75. The van der Waals surface area contributed by atoms with Gasteiger partial charge in [0.2, 0.25) is 5.91 Å². The number of halogens is 3. The Morgan fingerprint density at radius 3 is 2.15 bits per heavy atom. The number of carbonyl (C=O) groups excluding carboxylic acids is 1. The van der Waals surface area contributed by atoms with Gasteiger partial charge in [-0.15, -0.1) is 0 Å². The van der Waals surface area contributed by atoms with Crippen LogP contribution in [0.25, 0.3) is 0 Å². The number of nitrogens with one attached hydrogen (secondary N) is 1. The summed E-state index contributed by atoms with van der Waals surface area (Å²) in [5.41, 5.74) is -1.73. The third kappa shape index (κ3) is 4.43. The second-order valence-electron chi connectivity index (χ2n) is 6.34. The molecule has 0 aromatic heterocycles. The van der Waals surface area contributed by atoms with Gasteiger partial charge in [-0.1, -0.05) is 67.1 Å². The van der Waals surface area contributed by atoms with E-state index in [2.05, 4.69) is 5.32 Å². The van der Waals surface area contributed by atoms with Crippen LogP contribution in [0.4, 0.5) is 13.2 Å². The Bertz CT molecular complexity index is 729. The maximum absolute atomic E-state index is 13.5. The van der Waals surface area contributed by atoms with Crippen molar-refractivity contribution >= 4 is 5.91 Å². The molecule has 0 aliphatic rings. The second-order valence-corrected chi connectivity index (χ2v) is 6.34. The minimum Gasteiger partial charge on any atom is -0.376 e. The van der Waals surface area contributed by atoms with E-state index in [4.69, 9.17) is 0 Å². The molecule has 0 aliphatic heterocycles. The molecule has 2 rings (SSSR count). The summed E-state index contributed by atoms with van der Waals surface area (Å²) >= 11 is 0. The Morgan fingerprint density at radius 2 is 1.65 bits per heavy atom. The van der Waals surface area contributed by atoms with E-state index in [9.17, 15) is 23.1 Å². The van der Waals surface area contributed by atoms with E-state index in [1.807, 2.05) is 38.1 Å². The molecule has 2 atom stereocenters. The molecule has 2 N–H and O–H groups in total. The van der Waals surface area contributed by atoms with Gasteiger partial charge in [-0.3, -0.25) is 4.79 Å². The van der Waals surface area contributed by atoms with Gasteiger partial charge in [-0.05, 0) is 24.5 Å². The first-order chi connectivity index (χ1) is 12.2. The normalized spacial score (nSPS) is 15.2. The number of aliphatic hydroxyl groups is 1. The number of hydrogen-bond acceptors (Lipinski definition) is 2. The molecule has 2 aromatic carbocycles. The maximum atomic E-state index is 13.5. The van der Waals surface area contributed by atoms with Gasteiger partial charge in [0, 0.05) is 0 Å². The van der Waals surface area contributed by atoms with E-state index in [-0.39, 0.29) is 5.56 Å². The third-order valence-electron chi connectivity index (χ3n) is 4.36. The highest BCUT2D eigenvalue weighted by Crippen LogP contribution is 2.41. The molecule has 1 amide bonds. The topological polar surface area (TPSA) is 49.3 Å². The lowest BCUT2D eigenvalue weighted by Gasteiger charge is -2.31. The Morgan fingerprint density at radius 1 is 1.08 bits per heavy atom. The number of alkyl halides is 3. The highest BCUT2D eigenvalue weighted by molar-refractivity contribution is 5.78. The minimum atomic E-state index is -4.97. The molecular formula is C20H22F3NO2. The Kier molecular flexibility index (Phi) is 6.08. The average molecular weight is 365 g/mol. The molecule has 0 saturated carbocycles. The summed E-state index contributed by atoms with van der Waals surface area (Å²) in [5, 5.41) is 12.9. The van der Waals surface area contributed by atoms with Crippen molar-refractivity contribution in [3.05, 3.63) is 71.3 Å². The number of rotatable bonds is 6. The van der Waals surface area contributed by atoms with Gasteiger partial charge in [0.15, 0.2) is 5.60 Å². The largest absolute Gasteiger partial charge is 0.421 e. The highest BCUT2D eigenvalue weighted by Gasteiger charge is 2.56. The van der Waals surface area contributed by atoms with Crippen molar-refractivity contribution in [2.24, 2.45) is 0 Å². The van der Waals surface area contributed by atoms with Crippen LogP contribution in [-0.4, -0.2) is 17.2 Å². The first-order valence-electron chi connectivity index (χ1n) is 8.38. The zero-order chi connectivity index (χ0) is 19.4. The molecule has 0 aliphatic carbocycles. The van der Waals surface area contributed by atoms with Crippen molar-refractivity contribution in [2.75, 3.05) is 0 Å². The van der Waals surface area contributed by atoms with E-state index >= 15 is 0 Å². The van der Waals surface area contributed by atoms with Gasteiger partial charge in [0.25, 0.3) is 0 Å². The first-order valence-corrected chi connectivity index (χ1v) is 8.38. The molecule has 3 nitrogen and oxygen atoms in total.